The van der Waals surface area contributed by atoms with Crippen LogP contribution in [0.1, 0.15) is 18.9 Å². The van der Waals surface area contributed by atoms with Crippen molar-refractivity contribution in [2.75, 3.05) is 20.2 Å². The van der Waals surface area contributed by atoms with Gasteiger partial charge in [-0.2, -0.15) is 0 Å². The lowest BCUT2D eigenvalue weighted by Gasteiger charge is -2.27. The van der Waals surface area contributed by atoms with Gasteiger partial charge in [-0.1, -0.05) is 29.3 Å². The Labute approximate surface area is 159 Å². The number of quaternary nitrogens is 1. The number of amides is 1. The van der Waals surface area contributed by atoms with Gasteiger partial charge in [0.05, 0.1) is 35.7 Å². The van der Waals surface area contributed by atoms with Gasteiger partial charge < -0.3 is 15.2 Å². The normalized spacial score (nSPS) is 19.5. The highest BCUT2D eigenvalue weighted by Gasteiger charge is 2.45. The summed E-state index contributed by atoms with van der Waals surface area (Å²) in [5, 5.41) is 0.774. The molecule has 1 aromatic rings. The number of nitrogens with two attached hydrogens (primary N) is 1. The van der Waals surface area contributed by atoms with Gasteiger partial charge in [-0.15, -0.1) is 0 Å². The Bertz CT molecular complexity index is 708. The molecule has 136 valence electrons. The Morgan fingerprint density at radius 3 is 2.52 bits per heavy atom. The third kappa shape index (κ3) is 4.52. The summed E-state index contributed by atoms with van der Waals surface area (Å²) in [5.74, 6) is -0.185. The summed E-state index contributed by atoms with van der Waals surface area (Å²) in [6, 6.07) is 5.06. The zero-order chi connectivity index (χ0) is 18.6. The van der Waals surface area contributed by atoms with Crippen LogP contribution in [0.15, 0.2) is 24.1 Å². The molecule has 1 aliphatic heterocycles. The molecule has 1 heterocycles. The van der Waals surface area contributed by atoms with Crippen molar-refractivity contribution in [3.63, 3.8) is 0 Å². The van der Waals surface area contributed by atoms with E-state index in [0.717, 1.165) is 0 Å². The maximum Gasteiger partial charge on any atom is 0.411 e. The van der Waals surface area contributed by atoms with Gasteiger partial charge in [0.1, 0.15) is 6.54 Å². The van der Waals surface area contributed by atoms with Crippen LogP contribution in [0.4, 0.5) is 4.79 Å². The number of esters is 1. The Kier molecular flexibility index (Phi) is 6.45. The van der Waals surface area contributed by atoms with Crippen LogP contribution in [0.3, 0.4) is 0 Å². The molecule has 1 aliphatic rings. The van der Waals surface area contributed by atoms with Crippen LogP contribution in [0, 0.1) is 0 Å². The van der Waals surface area contributed by atoms with Gasteiger partial charge in [0.2, 0.25) is 17.8 Å². The number of nitrogens with zero attached hydrogens (tertiary/aromatic N) is 1. The van der Waals surface area contributed by atoms with Crippen LogP contribution in [0.25, 0.3) is 5.70 Å². The summed E-state index contributed by atoms with van der Waals surface area (Å²) in [5.41, 5.74) is 6.17. The highest BCUT2D eigenvalue weighted by Crippen LogP contribution is 2.45. The molecule has 3 N–H and O–H groups in total. The molecule has 0 radical (unpaired) electrons. The highest BCUT2D eigenvalue weighted by molar-refractivity contribution is 7.92. The lowest BCUT2D eigenvalue weighted by atomic mass is 10.1. The molecule has 7 nitrogen and oxygen atoms in total. The highest BCUT2D eigenvalue weighted by atomic mass is 35.5. The van der Waals surface area contributed by atoms with E-state index in [4.69, 9.17) is 38.4 Å². The molecule has 0 saturated heterocycles. The Hall–Kier alpha value is -1.61. The molecular formula is C15H18Cl2N3O4S+. The number of hydrogen-bond acceptors (Lipinski definition) is 6. The minimum atomic E-state index is -0.970. The van der Waals surface area contributed by atoms with Crippen LogP contribution in [-0.4, -0.2) is 36.2 Å². The SMILES string of the molecule is CCOC(=O)CC[N+]1(C)SNC(OC(N)=O)=C1c1c(Cl)cccc1Cl. The second-order valence-electron chi connectivity index (χ2n) is 5.27. The van der Waals surface area contributed by atoms with E-state index in [1.54, 1.807) is 25.1 Å². The fourth-order valence-electron chi connectivity index (χ4n) is 2.39. The average Bonchev–Trinajstić information content (AvgIpc) is 2.83. The average molecular weight is 407 g/mol. The Morgan fingerprint density at radius 1 is 1.32 bits per heavy atom. The van der Waals surface area contributed by atoms with Crippen molar-refractivity contribution in [3.05, 3.63) is 39.7 Å². The van der Waals surface area contributed by atoms with Gasteiger partial charge in [-0.3, -0.25) is 4.79 Å². The number of hydrogen-bond donors (Lipinski definition) is 2. The number of rotatable bonds is 6. The molecule has 0 aliphatic carbocycles. The first-order valence-electron chi connectivity index (χ1n) is 7.40. The van der Waals surface area contributed by atoms with Crippen molar-refractivity contribution in [1.82, 2.24) is 4.72 Å². The monoisotopic (exact) mass is 406 g/mol. The third-order valence-electron chi connectivity index (χ3n) is 3.48. The maximum atomic E-state index is 11.7. The van der Waals surface area contributed by atoms with E-state index < -0.39 is 6.09 Å². The molecule has 1 unspecified atom stereocenters. The molecule has 0 spiro atoms. The summed E-state index contributed by atoms with van der Waals surface area (Å²) >= 11 is 13.9. The zero-order valence-electron chi connectivity index (χ0n) is 13.7. The molecule has 1 aromatic carbocycles. The predicted octanol–water partition coefficient (Wildman–Crippen LogP) is 3.28. The second-order valence-corrected chi connectivity index (χ2v) is 7.28. The quantitative estimate of drug-likeness (QED) is 0.427. The van der Waals surface area contributed by atoms with E-state index in [0.29, 0.717) is 34.5 Å². The van der Waals surface area contributed by atoms with Crippen molar-refractivity contribution in [2.45, 2.75) is 13.3 Å². The van der Waals surface area contributed by atoms with Crippen LogP contribution in [0.2, 0.25) is 10.0 Å². The smallest absolute Gasteiger partial charge is 0.411 e. The zero-order valence-corrected chi connectivity index (χ0v) is 16.0. The standard InChI is InChI=1S/C15H17Cl2N3O4S/c1-3-23-11(21)7-8-20(2)13(14(19-25-20)24-15(18)22)12-9(16)5-4-6-10(12)17/h4-6,19H,3,7-8H2,1-2H3,(H-,18,22)/p+1. The van der Waals surface area contributed by atoms with Gasteiger partial charge in [0.25, 0.3) is 5.88 Å². The van der Waals surface area contributed by atoms with Crippen LogP contribution < -0.4 is 10.5 Å². The number of primary amides is 1. The maximum absolute atomic E-state index is 11.7. The number of benzene rings is 1. The minimum Gasteiger partial charge on any atom is -0.466 e. The molecule has 0 fully saturated rings. The molecule has 2 rings (SSSR count). The summed E-state index contributed by atoms with van der Waals surface area (Å²) in [7, 11) is 1.84. The third-order valence-corrected chi connectivity index (χ3v) is 5.15. The second kappa shape index (κ2) is 8.18. The number of carbonyl (C=O) groups is 2. The molecular weight excluding hydrogens is 389 g/mol. The number of nitrogens with one attached hydrogen (secondary N) is 1. The van der Waals surface area contributed by atoms with E-state index >= 15 is 0 Å². The first kappa shape index (κ1) is 19.7. The predicted molar refractivity (Wildman–Crippen MR) is 97.1 cm³/mol. The van der Waals surface area contributed by atoms with E-state index in [-0.39, 0.29) is 22.2 Å². The Morgan fingerprint density at radius 2 is 1.96 bits per heavy atom. The fraction of sp³-hybridized carbons (Fsp3) is 0.333. The van der Waals surface area contributed by atoms with Crippen molar-refractivity contribution in [1.29, 1.82) is 0 Å². The largest absolute Gasteiger partial charge is 0.466 e. The van der Waals surface area contributed by atoms with Crippen LogP contribution in [0.5, 0.6) is 0 Å². The van der Waals surface area contributed by atoms with Crippen molar-refractivity contribution in [2.24, 2.45) is 5.73 Å². The van der Waals surface area contributed by atoms with E-state index in [2.05, 4.69) is 4.72 Å². The number of ether oxygens (including phenoxy) is 2. The van der Waals surface area contributed by atoms with Gasteiger partial charge in [0, 0.05) is 0 Å². The van der Waals surface area contributed by atoms with Crippen molar-refractivity contribution >= 4 is 53.1 Å². The van der Waals surface area contributed by atoms with Gasteiger partial charge in [-0.05, 0) is 19.1 Å². The summed E-state index contributed by atoms with van der Waals surface area (Å²) in [4.78, 5) is 23.0. The summed E-state index contributed by atoms with van der Waals surface area (Å²) in [6.07, 6.45) is -0.809. The van der Waals surface area contributed by atoms with Crippen molar-refractivity contribution < 1.29 is 23.0 Å². The molecule has 25 heavy (non-hydrogen) atoms. The van der Waals surface area contributed by atoms with E-state index in [9.17, 15) is 9.59 Å². The molecule has 0 bridgehead atoms. The van der Waals surface area contributed by atoms with Crippen LogP contribution in [-0.2, 0) is 14.3 Å². The lowest BCUT2D eigenvalue weighted by molar-refractivity contribution is -0.692. The lowest BCUT2D eigenvalue weighted by Crippen LogP contribution is -2.35. The molecule has 1 amide bonds. The first-order chi connectivity index (χ1) is 11.8. The number of halogens is 2. The number of carbonyl (C=O) groups excluding carboxylic acids is 2. The van der Waals surface area contributed by atoms with Gasteiger partial charge >= 0.3 is 12.1 Å². The molecule has 10 heteroatoms. The fourth-order valence-corrected chi connectivity index (χ4v) is 3.84. The minimum absolute atomic E-state index is 0.138. The Balaban J connectivity index is 2.45. The molecule has 0 saturated carbocycles. The van der Waals surface area contributed by atoms with Crippen molar-refractivity contribution in [3.8, 4) is 0 Å². The van der Waals surface area contributed by atoms with E-state index in [1.165, 1.54) is 12.1 Å². The van der Waals surface area contributed by atoms with Gasteiger partial charge in [-0.25, -0.2) is 13.4 Å². The molecule has 1 atom stereocenters. The topological polar surface area (TPSA) is 90.7 Å². The van der Waals surface area contributed by atoms with Crippen LogP contribution >= 0.6 is 35.3 Å². The van der Waals surface area contributed by atoms with Gasteiger partial charge in [0.15, 0.2) is 0 Å². The summed E-state index contributed by atoms with van der Waals surface area (Å²) < 4.78 is 13.1. The van der Waals surface area contributed by atoms with E-state index in [1.807, 2.05) is 7.05 Å². The first-order valence-corrected chi connectivity index (χ1v) is 8.93. The molecule has 0 aromatic heterocycles. The summed E-state index contributed by atoms with van der Waals surface area (Å²) in [6.45, 7) is 2.41.